The molecule has 0 amide bonds. The predicted molar refractivity (Wildman–Crippen MR) is 51.2 cm³/mol. The second kappa shape index (κ2) is 4.54. The third-order valence-electron chi connectivity index (χ3n) is 1.71. The molecule has 0 atom stereocenters. The summed E-state index contributed by atoms with van der Waals surface area (Å²) in [5.41, 5.74) is -0.646. The minimum Gasteiger partial charge on any atom is -0.491 e. The normalized spacial score (nSPS) is 10.6. The lowest BCUT2D eigenvalue weighted by molar-refractivity contribution is 0.141. The Morgan fingerprint density at radius 3 is 2.71 bits per heavy atom. The van der Waals surface area contributed by atoms with Crippen LogP contribution in [0.15, 0.2) is 11.0 Å². The molecule has 6 heteroatoms. The zero-order valence-electron chi connectivity index (χ0n) is 7.31. The number of aromatic nitrogens is 1. The zero-order valence-corrected chi connectivity index (χ0v) is 8.90. The number of nitrogens with one attached hydrogen (secondary N) is 1. The Hall–Kier alpha value is -0.910. The molecule has 1 heterocycles. The average molecular weight is 268 g/mol. The number of hydrogen-bond donors (Lipinski definition) is 1. The van der Waals surface area contributed by atoms with E-state index in [1.807, 2.05) is 0 Å². The molecule has 0 unspecified atom stereocenters. The quantitative estimate of drug-likeness (QED) is 0.854. The van der Waals surface area contributed by atoms with Crippen LogP contribution in [0.1, 0.15) is 17.7 Å². The molecule has 0 spiro atoms. The maximum Gasteiger partial charge on any atom is 0.282 e. The first kappa shape index (κ1) is 11.2. The number of pyridine rings is 1. The van der Waals surface area contributed by atoms with Crippen LogP contribution in [-0.2, 0) is 5.33 Å². The minimum absolute atomic E-state index is 0.294. The molecule has 0 aliphatic rings. The Balaban J connectivity index is 3.36. The zero-order chi connectivity index (χ0) is 10.7. The van der Waals surface area contributed by atoms with E-state index in [0.717, 1.165) is 0 Å². The summed E-state index contributed by atoms with van der Waals surface area (Å²) in [6, 6.07) is 0. The number of ether oxygens (including phenoxy) is 1. The fraction of sp³-hybridized carbons (Fsp3) is 0.375. The highest BCUT2D eigenvalue weighted by molar-refractivity contribution is 9.08. The molecular weight excluding hydrogens is 260 g/mol. The fourth-order valence-corrected chi connectivity index (χ4v) is 1.44. The van der Waals surface area contributed by atoms with E-state index in [-0.39, 0.29) is 5.75 Å². The molecule has 0 saturated carbocycles. The van der Waals surface area contributed by atoms with Gasteiger partial charge < -0.3 is 9.72 Å². The summed E-state index contributed by atoms with van der Waals surface area (Å²) in [4.78, 5) is 13.8. The van der Waals surface area contributed by atoms with E-state index in [4.69, 9.17) is 0 Å². The van der Waals surface area contributed by atoms with Crippen molar-refractivity contribution in [2.24, 2.45) is 0 Å². The van der Waals surface area contributed by atoms with Crippen LogP contribution in [0.4, 0.5) is 8.78 Å². The number of methoxy groups -OCH3 is 1. The minimum atomic E-state index is -2.75. The lowest BCUT2D eigenvalue weighted by atomic mass is 10.2. The van der Waals surface area contributed by atoms with E-state index in [2.05, 4.69) is 25.7 Å². The third kappa shape index (κ3) is 1.95. The van der Waals surface area contributed by atoms with Gasteiger partial charge in [0.25, 0.3) is 6.43 Å². The monoisotopic (exact) mass is 267 g/mol. The van der Waals surface area contributed by atoms with E-state index >= 15 is 0 Å². The summed E-state index contributed by atoms with van der Waals surface area (Å²) in [7, 11) is 1.19. The summed E-state index contributed by atoms with van der Waals surface area (Å²) >= 11 is 3.07. The van der Waals surface area contributed by atoms with Crippen molar-refractivity contribution in [3.63, 3.8) is 0 Å². The van der Waals surface area contributed by atoms with Gasteiger partial charge in [-0.2, -0.15) is 0 Å². The molecule has 0 aromatic carbocycles. The smallest absolute Gasteiger partial charge is 0.282 e. The van der Waals surface area contributed by atoms with E-state index in [1.54, 1.807) is 0 Å². The number of halogens is 3. The third-order valence-corrected chi connectivity index (χ3v) is 2.31. The number of alkyl halides is 3. The standard InChI is InChI=1S/C8H8BrF2NO2/c1-14-7-5(8(10)11)12-3-4(2-9)6(7)13/h3,8H,2H2,1H3,(H,12,13). The molecule has 0 bridgehead atoms. The van der Waals surface area contributed by atoms with Gasteiger partial charge in [-0.15, -0.1) is 0 Å². The van der Waals surface area contributed by atoms with Gasteiger partial charge in [0.2, 0.25) is 5.43 Å². The van der Waals surface area contributed by atoms with E-state index in [1.165, 1.54) is 13.3 Å². The number of aromatic amines is 1. The molecule has 1 aromatic rings. The summed E-state index contributed by atoms with van der Waals surface area (Å²) in [6.07, 6.45) is -1.50. The first-order valence-electron chi connectivity index (χ1n) is 3.74. The van der Waals surface area contributed by atoms with Crippen molar-refractivity contribution >= 4 is 15.9 Å². The van der Waals surface area contributed by atoms with Crippen LogP contribution < -0.4 is 10.2 Å². The van der Waals surface area contributed by atoms with Gasteiger partial charge in [0.1, 0.15) is 5.69 Å². The van der Waals surface area contributed by atoms with Gasteiger partial charge in [-0.05, 0) is 0 Å². The Labute approximate surface area is 87.2 Å². The van der Waals surface area contributed by atoms with Crippen LogP contribution >= 0.6 is 15.9 Å². The molecule has 1 aromatic heterocycles. The van der Waals surface area contributed by atoms with Crippen LogP contribution in [0, 0.1) is 0 Å². The van der Waals surface area contributed by atoms with Crippen LogP contribution in [0.25, 0.3) is 0 Å². The van der Waals surface area contributed by atoms with Crippen LogP contribution in [0.2, 0.25) is 0 Å². The second-order valence-corrected chi connectivity index (χ2v) is 3.09. The van der Waals surface area contributed by atoms with Crippen LogP contribution in [0.3, 0.4) is 0 Å². The van der Waals surface area contributed by atoms with Crippen LogP contribution in [-0.4, -0.2) is 12.1 Å². The van der Waals surface area contributed by atoms with E-state index in [9.17, 15) is 13.6 Å². The maximum atomic E-state index is 12.4. The molecule has 1 N–H and O–H groups in total. The lowest BCUT2D eigenvalue weighted by Crippen LogP contribution is -2.14. The Bertz CT molecular complexity index is 378. The summed E-state index contributed by atoms with van der Waals surface area (Å²) in [5, 5.41) is 0.294. The number of H-pyrrole nitrogens is 1. The number of rotatable bonds is 3. The molecule has 1 rings (SSSR count). The average Bonchev–Trinajstić information content (AvgIpc) is 2.17. The first-order chi connectivity index (χ1) is 6.61. The number of hydrogen-bond acceptors (Lipinski definition) is 2. The summed E-state index contributed by atoms with van der Waals surface area (Å²) < 4.78 is 29.4. The van der Waals surface area contributed by atoms with Crippen molar-refractivity contribution in [2.45, 2.75) is 11.8 Å². The largest absolute Gasteiger partial charge is 0.491 e. The molecule has 0 aliphatic heterocycles. The Morgan fingerprint density at radius 2 is 2.29 bits per heavy atom. The van der Waals surface area contributed by atoms with Gasteiger partial charge in [-0.1, -0.05) is 15.9 Å². The molecule has 0 radical (unpaired) electrons. The Kier molecular flexibility index (Phi) is 3.62. The highest BCUT2D eigenvalue weighted by atomic mass is 79.9. The summed E-state index contributed by atoms with van der Waals surface area (Å²) in [6.45, 7) is 0. The van der Waals surface area contributed by atoms with Crippen molar-refractivity contribution in [3.8, 4) is 5.75 Å². The van der Waals surface area contributed by atoms with Gasteiger partial charge >= 0.3 is 0 Å². The first-order valence-corrected chi connectivity index (χ1v) is 4.86. The lowest BCUT2D eigenvalue weighted by Gasteiger charge is -2.07. The molecular formula is C8H8BrF2NO2. The SMILES string of the molecule is COc1c(C(F)F)[nH]cc(CBr)c1=O. The predicted octanol–water partition coefficient (Wildman–Crippen LogP) is 2.22. The molecule has 78 valence electrons. The topological polar surface area (TPSA) is 42.1 Å². The van der Waals surface area contributed by atoms with E-state index in [0.29, 0.717) is 10.9 Å². The molecule has 3 nitrogen and oxygen atoms in total. The molecule has 0 aliphatic carbocycles. The van der Waals surface area contributed by atoms with Crippen molar-refractivity contribution in [3.05, 3.63) is 27.7 Å². The van der Waals surface area contributed by atoms with Gasteiger partial charge in [-0.3, -0.25) is 4.79 Å². The van der Waals surface area contributed by atoms with Gasteiger partial charge in [0.05, 0.1) is 7.11 Å². The van der Waals surface area contributed by atoms with Gasteiger partial charge in [-0.25, -0.2) is 8.78 Å². The molecule has 14 heavy (non-hydrogen) atoms. The van der Waals surface area contributed by atoms with Crippen molar-refractivity contribution in [2.75, 3.05) is 7.11 Å². The molecule has 0 fully saturated rings. The van der Waals surface area contributed by atoms with Crippen molar-refractivity contribution in [1.29, 1.82) is 0 Å². The van der Waals surface area contributed by atoms with Gasteiger partial charge in [0.15, 0.2) is 5.75 Å². The van der Waals surface area contributed by atoms with Crippen molar-refractivity contribution in [1.82, 2.24) is 4.98 Å². The van der Waals surface area contributed by atoms with Gasteiger partial charge in [0, 0.05) is 17.1 Å². The Morgan fingerprint density at radius 1 is 1.64 bits per heavy atom. The highest BCUT2D eigenvalue weighted by Crippen LogP contribution is 2.23. The van der Waals surface area contributed by atoms with E-state index < -0.39 is 17.5 Å². The molecule has 0 saturated heterocycles. The fourth-order valence-electron chi connectivity index (χ4n) is 1.03. The summed E-state index contributed by atoms with van der Waals surface area (Å²) in [5.74, 6) is -0.322. The highest BCUT2D eigenvalue weighted by Gasteiger charge is 2.18. The second-order valence-electron chi connectivity index (χ2n) is 2.52. The van der Waals surface area contributed by atoms with Crippen LogP contribution in [0.5, 0.6) is 5.75 Å². The van der Waals surface area contributed by atoms with Crippen molar-refractivity contribution < 1.29 is 13.5 Å². The maximum absolute atomic E-state index is 12.4.